The fourth-order valence-electron chi connectivity index (χ4n) is 3.37. The minimum Gasteiger partial charge on any atom is -0.352 e. The van der Waals surface area contributed by atoms with Gasteiger partial charge in [-0.2, -0.15) is 13.2 Å². The highest BCUT2D eigenvalue weighted by Crippen LogP contribution is 2.25. The van der Waals surface area contributed by atoms with Gasteiger partial charge < -0.3 is 10.2 Å². The highest BCUT2D eigenvalue weighted by atomic mass is 127. The molecule has 1 atom stereocenters. The quantitative estimate of drug-likeness (QED) is 0.338. The molecular weight excluding hydrogens is 506 g/mol. The molecule has 1 aromatic rings. The van der Waals surface area contributed by atoms with Gasteiger partial charge in [0.05, 0.1) is 0 Å². The highest BCUT2D eigenvalue weighted by Gasteiger charge is 2.41. The van der Waals surface area contributed by atoms with E-state index in [1.54, 1.807) is 7.05 Å². The lowest BCUT2D eigenvalue weighted by Crippen LogP contribution is -2.56. The molecular formula is C21H35F3IN5. The summed E-state index contributed by atoms with van der Waals surface area (Å²) in [6, 6.07) is 7.35. The second kappa shape index (κ2) is 12.1. The van der Waals surface area contributed by atoms with Crippen LogP contribution < -0.4 is 5.32 Å². The number of hydrogen-bond acceptors (Lipinski definition) is 3. The zero-order valence-electron chi connectivity index (χ0n) is 18.5. The molecule has 172 valence electrons. The lowest BCUT2D eigenvalue weighted by molar-refractivity contribution is -0.181. The van der Waals surface area contributed by atoms with Crippen molar-refractivity contribution in [2.75, 3.05) is 40.3 Å². The van der Waals surface area contributed by atoms with Gasteiger partial charge in [-0.15, -0.1) is 24.0 Å². The highest BCUT2D eigenvalue weighted by molar-refractivity contribution is 14.0. The second-order valence-electron chi connectivity index (χ2n) is 7.92. The fourth-order valence-corrected chi connectivity index (χ4v) is 3.37. The number of aliphatic imine (C=N–C) groups is 1. The Hall–Kier alpha value is -1.07. The molecule has 1 aliphatic heterocycles. The summed E-state index contributed by atoms with van der Waals surface area (Å²) in [5, 5.41) is 3.39. The zero-order chi connectivity index (χ0) is 21.6. The molecule has 1 aliphatic rings. The van der Waals surface area contributed by atoms with Gasteiger partial charge in [-0.3, -0.25) is 14.8 Å². The summed E-state index contributed by atoms with van der Waals surface area (Å²) in [5.41, 5.74) is 2.46. The molecule has 5 nitrogen and oxygen atoms in total. The minimum absolute atomic E-state index is 0. The molecule has 0 amide bonds. The summed E-state index contributed by atoms with van der Waals surface area (Å²) in [6.07, 6.45) is -4.19. The fraction of sp³-hybridized carbons (Fsp3) is 0.667. The van der Waals surface area contributed by atoms with Gasteiger partial charge in [0.1, 0.15) is 6.04 Å². The average Bonchev–Trinajstić information content (AvgIpc) is 2.68. The Kier molecular flexibility index (Phi) is 10.9. The Labute approximate surface area is 195 Å². The van der Waals surface area contributed by atoms with E-state index in [1.807, 2.05) is 17.0 Å². The summed E-state index contributed by atoms with van der Waals surface area (Å²) >= 11 is 0. The van der Waals surface area contributed by atoms with Gasteiger partial charge in [0.25, 0.3) is 0 Å². The number of rotatable bonds is 6. The van der Waals surface area contributed by atoms with Gasteiger partial charge in [-0.1, -0.05) is 24.3 Å². The average molecular weight is 541 g/mol. The molecule has 0 aromatic heterocycles. The molecule has 0 aliphatic carbocycles. The van der Waals surface area contributed by atoms with Crippen LogP contribution in [0.1, 0.15) is 31.9 Å². The van der Waals surface area contributed by atoms with Crippen molar-refractivity contribution in [1.82, 2.24) is 20.0 Å². The van der Waals surface area contributed by atoms with Crippen molar-refractivity contribution in [3.8, 4) is 0 Å². The van der Waals surface area contributed by atoms with Crippen molar-refractivity contribution in [3.63, 3.8) is 0 Å². The van der Waals surface area contributed by atoms with E-state index in [0.717, 1.165) is 12.5 Å². The SMILES string of the molecule is CN=C(NCc1ccccc1CN(C)C(C)C)N1CCN(C(C)C(F)(F)F)CC1.I. The molecule has 1 N–H and O–H groups in total. The van der Waals surface area contributed by atoms with Crippen LogP contribution in [0.3, 0.4) is 0 Å². The van der Waals surface area contributed by atoms with E-state index in [4.69, 9.17) is 0 Å². The molecule has 1 fully saturated rings. The lowest BCUT2D eigenvalue weighted by Gasteiger charge is -2.39. The first-order chi connectivity index (χ1) is 13.6. The van der Waals surface area contributed by atoms with Crippen molar-refractivity contribution in [1.29, 1.82) is 0 Å². The van der Waals surface area contributed by atoms with E-state index in [1.165, 1.54) is 23.0 Å². The van der Waals surface area contributed by atoms with E-state index in [9.17, 15) is 13.2 Å². The topological polar surface area (TPSA) is 34.1 Å². The predicted octanol–water partition coefficient (Wildman–Crippen LogP) is 3.79. The molecule has 2 rings (SSSR count). The third-order valence-electron chi connectivity index (χ3n) is 5.70. The molecule has 0 bridgehead atoms. The van der Waals surface area contributed by atoms with Crippen LogP contribution in [0.4, 0.5) is 13.2 Å². The monoisotopic (exact) mass is 541 g/mol. The number of nitrogens with zero attached hydrogens (tertiary/aromatic N) is 4. The Morgan fingerprint density at radius 2 is 1.67 bits per heavy atom. The molecule has 0 saturated carbocycles. The number of nitrogens with one attached hydrogen (secondary N) is 1. The van der Waals surface area contributed by atoms with E-state index in [0.29, 0.717) is 38.8 Å². The Bertz CT molecular complexity index is 673. The largest absolute Gasteiger partial charge is 0.403 e. The van der Waals surface area contributed by atoms with Crippen LogP contribution >= 0.6 is 24.0 Å². The summed E-state index contributed by atoms with van der Waals surface area (Å²) in [5.74, 6) is 0.733. The van der Waals surface area contributed by atoms with Gasteiger partial charge in [-0.05, 0) is 38.9 Å². The number of piperazine rings is 1. The predicted molar refractivity (Wildman–Crippen MR) is 127 cm³/mol. The first-order valence-corrected chi connectivity index (χ1v) is 10.2. The van der Waals surface area contributed by atoms with Crippen molar-refractivity contribution in [3.05, 3.63) is 35.4 Å². The lowest BCUT2D eigenvalue weighted by atomic mass is 10.1. The van der Waals surface area contributed by atoms with E-state index in [-0.39, 0.29) is 24.0 Å². The Balaban J connectivity index is 0.00000450. The summed E-state index contributed by atoms with van der Waals surface area (Å²) in [6.45, 7) is 8.86. The summed E-state index contributed by atoms with van der Waals surface area (Å²) in [4.78, 5) is 10.1. The van der Waals surface area contributed by atoms with Gasteiger partial charge in [0.15, 0.2) is 5.96 Å². The maximum Gasteiger partial charge on any atom is 0.403 e. The van der Waals surface area contributed by atoms with E-state index in [2.05, 4.69) is 48.2 Å². The standard InChI is InChI=1S/C21H34F3N5.HI/c1-16(2)27(5)15-19-9-7-6-8-18(19)14-26-20(25-4)29-12-10-28(11-13-29)17(3)21(22,23)24;/h6-9,16-17H,10-15H2,1-5H3,(H,25,26);1H. The molecule has 0 spiro atoms. The van der Waals surface area contributed by atoms with E-state index < -0.39 is 12.2 Å². The Morgan fingerprint density at radius 1 is 1.10 bits per heavy atom. The summed E-state index contributed by atoms with van der Waals surface area (Å²) in [7, 11) is 3.82. The zero-order valence-corrected chi connectivity index (χ0v) is 20.9. The van der Waals surface area contributed by atoms with Crippen molar-refractivity contribution < 1.29 is 13.2 Å². The van der Waals surface area contributed by atoms with Crippen molar-refractivity contribution in [2.45, 2.75) is 52.1 Å². The van der Waals surface area contributed by atoms with Crippen LogP contribution in [-0.2, 0) is 13.1 Å². The number of alkyl halides is 3. The van der Waals surface area contributed by atoms with Crippen molar-refractivity contribution in [2.24, 2.45) is 4.99 Å². The van der Waals surface area contributed by atoms with Gasteiger partial charge in [0.2, 0.25) is 0 Å². The van der Waals surface area contributed by atoms with Crippen LogP contribution in [0.2, 0.25) is 0 Å². The maximum absolute atomic E-state index is 12.9. The molecule has 1 unspecified atom stereocenters. The Morgan fingerprint density at radius 3 is 2.17 bits per heavy atom. The number of benzene rings is 1. The molecule has 1 aromatic carbocycles. The van der Waals surface area contributed by atoms with Crippen LogP contribution in [0, 0.1) is 0 Å². The minimum atomic E-state index is -4.19. The number of hydrogen-bond donors (Lipinski definition) is 1. The molecule has 1 heterocycles. The third kappa shape index (κ3) is 7.56. The number of guanidine groups is 1. The molecule has 30 heavy (non-hydrogen) atoms. The first kappa shape index (κ1) is 27.0. The van der Waals surface area contributed by atoms with Crippen molar-refractivity contribution >= 4 is 29.9 Å². The van der Waals surface area contributed by atoms with E-state index >= 15 is 0 Å². The first-order valence-electron chi connectivity index (χ1n) is 10.2. The summed E-state index contributed by atoms with van der Waals surface area (Å²) < 4.78 is 38.8. The van der Waals surface area contributed by atoms with Crippen LogP contribution in [0.5, 0.6) is 0 Å². The van der Waals surface area contributed by atoms with Gasteiger partial charge >= 0.3 is 6.18 Å². The van der Waals surface area contributed by atoms with Crippen LogP contribution in [0.25, 0.3) is 0 Å². The smallest absolute Gasteiger partial charge is 0.352 e. The molecule has 0 radical (unpaired) electrons. The molecule has 1 saturated heterocycles. The number of halogens is 4. The van der Waals surface area contributed by atoms with Crippen LogP contribution in [-0.4, -0.2) is 79.2 Å². The maximum atomic E-state index is 12.9. The normalized spacial score (nSPS) is 17.3. The third-order valence-corrected chi connectivity index (χ3v) is 5.70. The van der Waals surface area contributed by atoms with Gasteiger partial charge in [0, 0.05) is 52.4 Å². The van der Waals surface area contributed by atoms with Crippen LogP contribution in [0.15, 0.2) is 29.3 Å². The molecule has 9 heteroatoms. The van der Waals surface area contributed by atoms with Gasteiger partial charge in [-0.25, -0.2) is 0 Å². The second-order valence-corrected chi connectivity index (χ2v) is 7.92.